The van der Waals surface area contributed by atoms with Crippen molar-refractivity contribution < 1.29 is 8.42 Å². The van der Waals surface area contributed by atoms with Gasteiger partial charge in [0.25, 0.3) is 0 Å². The van der Waals surface area contributed by atoms with Gasteiger partial charge in [-0.3, -0.25) is 0 Å². The van der Waals surface area contributed by atoms with Gasteiger partial charge in [0, 0.05) is 19.6 Å². The Morgan fingerprint density at radius 2 is 2.06 bits per heavy atom. The Labute approximate surface area is 109 Å². The fourth-order valence-corrected chi connectivity index (χ4v) is 3.46. The minimum atomic E-state index is -3.50. The van der Waals surface area contributed by atoms with Crippen LogP contribution in [0.3, 0.4) is 0 Å². The highest BCUT2D eigenvalue weighted by molar-refractivity contribution is 7.89. The van der Waals surface area contributed by atoms with Crippen LogP contribution in [-0.4, -0.2) is 32.4 Å². The van der Waals surface area contributed by atoms with Gasteiger partial charge < -0.3 is 5.73 Å². The average molecular weight is 268 g/mol. The van der Waals surface area contributed by atoms with E-state index < -0.39 is 10.0 Å². The molecule has 0 amide bonds. The van der Waals surface area contributed by atoms with Gasteiger partial charge in [0.15, 0.2) is 0 Å². The molecule has 4 nitrogen and oxygen atoms in total. The molecule has 100 valence electrons. The van der Waals surface area contributed by atoms with Gasteiger partial charge in [-0.05, 0) is 31.0 Å². The van der Waals surface area contributed by atoms with E-state index in [4.69, 9.17) is 5.73 Å². The van der Waals surface area contributed by atoms with Crippen LogP contribution in [0.2, 0.25) is 0 Å². The number of nitrogens with two attached hydrogens (primary N) is 1. The summed E-state index contributed by atoms with van der Waals surface area (Å²) in [7, 11) is -3.50. The van der Waals surface area contributed by atoms with Crippen molar-refractivity contribution >= 4 is 10.0 Å². The first-order valence-electron chi connectivity index (χ1n) is 5.82. The van der Waals surface area contributed by atoms with Gasteiger partial charge in [0.05, 0.1) is 4.90 Å². The molecule has 0 aliphatic rings. The fourth-order valence-electron chi connectivity index (χ4n) is 1.72. The van der Waals surface area contributed by atoms with Crippen molar-refractivity contribution in [2.45, 2.75) is 18.7 Å². The normalized spacial score (nSPS) is 11.8. The first-order chi connectivity index (χ1) is 8.43. The molecule has 1 aromatic carbocycles. The standard InChI is InChI=1S/C13H20N2O2S/c1-4-8-15(9-7-14)18(16,17)13-10-11(2)5-6-12(13)3/h4-6,10H,1,7-9,14H2,2-3H3. The first kappa shape index (κ1) is 14.9. The molecule has 0 fully saturated rings. The Morgan fingerprint density at radius 3 is 2.61 bits per heavy atom. The van der Waals surface area contributed by atoms with E-state index in [0.717, 1.165) is 11.1 Å². The van der Waals surface area contributed by atoms with Crippen LogP contribution < -0.4 is 5.73 Å². The van der Waals surface area contributed by atoms with Crippen LogP contribution in [0, 0.1) is 13.8 Å². The third-order valence-corrected chi connectivity index (χ3v) is 4.68. The third-order valence-electron chi connectivity index (χ3n) is 2.67. The fraction of sp³-hybridized carbons (Fsp3) is 0.385. The summed E-state index contributed by atoms with van der Waals surface area (Å²) in [4.78, 5) is 0.345. The lowest BCUT2D eigenvalue weighted by Crippen LogP contribution is -2.35. The Balaban J connectivity index is 3.25. The lowest BCUT2D eigenvalue weighted by atomic mass is 10.2. The minimum Gasteiger partial charge on any atom is -0.329 e. The van der Waals surface area contributed by atoms with E-state index in [0.29, 0.717) is 11.4 Å². The molecule has 0 aromatic heterocycles. The van der Waals surface area contributed by atoms with Crippen molar-refractivity contribution in [2.75, 3.05) is 19.6 Å². The molecule has 2 N–H and O–H groups in total. The van der Waals surface area contributed by atoms with E-state index in [1.807, 2.05) is 19.1 Å². The molecule has 0 radical (unpaired) electrons. The third kappa shape index (κ3) is 3.19. The van der Waals surface area contributed by atoms with Gasteiger partial charge in [-0.1, -0.05) is 18.2 Å². The topological polar surface area (TPSA) is 63.4 Å². The first-order valence-corrected chi connectivity index (χ1v) is 7.26. The molecule has 5 heteroatoms. The van der Waals surface area contributed by atoms with Crippen LogP contribution in [0.4, 0.5) is 0 Å². The number of benzene rings is 1. The number of hydrogen-bond acceptors (Lipinski definition) is 3. The highest BCUT2D eigenvalue weighted by Crippen LogP contribution is 2.20. The molecule has 1 aromatic rings. The van der Waals surface area contributed by atoms with E-state index in [1.54, 1.807) is 19.1 Å². The summed E-state index contributed by atoms with van der Waals surface area (Å²) in [6, 6.07) is 5.41. The van der Waals surface area contributed by atoms with Crippen molar-refractivity contribution in [1.29, 1.82) is 0 Å². The molecule has 1 rings (SSSR count). The summed E-state index contributed by atoms with van der Waals surface area (Å²) in [6.45, 7) is 8.10. The largest absolute Gasteiger partial charge is 0.329 e. The molecular formula is C13H20N2O2S. The Bertz CT molecular complexity index is 524. The second-order valence-corrected chi connectivity index (χ2v) is 6.12. The average Bonchev–Trinajstić information content (AvgIpc) is 2.32. The molecule has 0 spiro atoms. The van der Waals surface area contributed by atoms with Crippen LogP contribution in [0.15, 0.2) is 35.7 Å². The van der Waals surface area contributed by atoms with Crippen LogP contribution in [0.5, 0.6) is 0 Å². The molecule has 0 aliphatic heterocycles. The van der Waals surface area contributed by atoms with E-state index in [-0.39, 0.29) is 13.1 Å². The summed E-state index contributed by atoms with van der Waals surface area (Å²) in [5, 5.41) is 0. The van der Waals surface area contributed by atoms with Crippen molar-refractivity contribution in [1.82, 2.24) is 4.31 Å². The number of rotatable bonds is 6. The zero-order valence-electron chi connectivity index (χ0n) is 10.9. The second kappa shape index (κ2) is 6.13. The molecule has 0 heterocycles. The molecule has 0 saturated heterocycles. The van der Waals surface area contributed by atoms with Crippen molar-refractivity contribution in [3.05, 3.63) is 42.0 Å². The SMILES string of the molecule is C=CCN(CCN)S(=O)(=O)c1cc(C)ccc1C. The number of sulfonamides is 1. The number of aryl methyl sites for hydroxylation is 2. The Hall–Kier alpha value is -1.17. The maximum atomic E-state index is 12.5. The number of hydrogen-bond donors (Lipinski definition) is 1. The van der Waals surface area contributed by atoms with Crippen LogP contribution in [0.1, 0.15) is 11.1 Å². The van der Waals surface area contributed by atoms with E-state index in [2.05, 4.69) is 6.58 Å². The summed E-state index contributed by atoms with van der Waals surface area (Å²) >= 11 is 0. The molecular weight excluding hydrogens is 248 g/mol. The number of nitrogens with zero attached hydrogens (tertiary/aromatic N) is 1. The van der Waals surface area contributed by atoms with E-state index in [1.165, 1.54) is 4.31 Å². The zero-order valence-corrected chi connectivity index (χ0v) is 11.7. The van der Waals surface area contributed by atoms with Gasteiger partial charge >= 0.3 is 0 Å². The summed E-state index contributed by atoms with van der Waals surface area (Å²) in [5.74, 6) is 0. The highest BCUT2D eigenvalue weighted by atomic mass is 32.2. The van der Waals surface area contributed by atoms with E-state index in [9.17, 15) is 8.42 Å². The Kier molecular flexibility index (Phi) is 5.07. The van der Waals surface area contributed by atoms with Gasteiger partial charge in [-0.15, -0.1) is 6.58 Å². The zero-order chi connectivity index (χ0) is 13.8. The summed E-state index contributed by atoms with van der Waals surface area (Å²) in [5.41, 5.74) is 7.13. The maximum absolute atomic E-state index is 12.5. The second-order valence-electron chi connectivity index (χ2n) is 4.21. The lowest BCUT2D eigenvalue weighted by molar-refractivity contribution is 0.449. The van der Waals surface area contributed by atoms with E-state index >= 15 is 0 Å². The molecule has 0 bridgehead atoms. The predicted octanol–water partition coefficient (Wildman–Crippen LogP) is 1.44. The van der Waals surface area contributed by atoms with Crippen molar-refractivity contribution in [3.8, 4) is 0 Å². The summed E-state index contributed by atoms with van der Waals surface area (Å²) < 4.78 is 26.4. The van der Waals surface area contributed by atoms with Crippen LogP contribution in [0.25, 0.3) is 0 Å². The van der Waals surface area contributed by atoms with Gasteiger partial charge in [0.2, 0.25) is 10.0 Å². The van der Waals surface area contributed by atoms with Crippen molar-refractivity contribution in [2.24, 2.45) is 5.73 Å². The monoisotopic (exact) mass is 268 g/mol. The minimum absolute atomic E-state index is 0.271. The summed E-state index contributed by atoms with van der Waals surface area (Å²) in [6.07, 6.45) is 1.57. The lowest BCUT2D eigenvalue weighted by Gasteiger charge is -2.21. The molecule has 0 saturated carbocycles. The quantitative estimate of drug-likeness (QED) is 0.794. The van der Waals surface area contributed by atoms with Crippen molar-refractivity contribution in [3.63, 3.8) is 0 Å². The Morgan fingerprint density at radius 1 is 1.39 bits per heavy atom. The molecule has 0 atom stereocenters. The van der Waals surface area contributed by atoms with Gasteiger partial charge in [0.1, 0.15) is 0 Å². The predicted molar refractivity (Wildman–Crippen MR) is 73.9 cm³/mol. The molecule has 0 unspecified atom stereocenters. The highest BCUT2D eigenvalue weighted by Gasteiger charge is 2.24. The molecule has 0 aliphatic carbocycles. The smallest absolute Gasteiger partial charge is 0.243 e. The van der Waals surface area contributed by atoms with Gasteiger partial charge in [-0.2, -0.15) is 4.31 Å². The van der Waals surface area contributed by atoms with Crippen LogP contribution in [-0.2, 0) is 10.0 Å². The maximum Gasteiger partial charge on any atom is 0.243 e. The molecule has 18 heavy (non-hydrogen) atoms. The van der Waals surface area contributed by atoms with Gasteiger partial charge in [-0.25, -0.2) is 8.42 Å². The van der Waals surface area contributed by atoms with Crippen LogP contribution >= 0.6 is 0 Å².